The Balaban J connectivity index is 2.04. The van der Waals surface area contributed by atoms with Crippen LogP contribution < -0.4 is 0 Å². The summed E-state index contributed by atoms with van der Waals surface area (Å²) in [6.07, 6.45) is 9.45. The van der Waals surface area contributed by atoms with E-state index in [-0.39, 0.29) is 0 Å². The molecule has 0 spiro atoms. The van der Waals surface area contributed by atoms with Crippen molar-refractivity contribution in [3.05, 3.63) is 10.7 Å². The van der Waals surface area contributed by atoms with Crippen molar-refractivity contribution in [2.45, 2.75) is 58.0 Å². The van der Waals surface area contributed by atoms with E-state index in [1.165, 1.54) is 38.5 Å². The third-order valence-corrected chi connectivity index (χ3v) is 3.04. The number of hydrogen-bond acceptors (Lipinski definition) is 1. The average molecular weight is 247 g/mol. The molecule has 1 atom stereocenters. The molecule has 1 unspecified atom stereocenters. The van der Waals surface area contributed by atoms with E-state index in [4.69, 9.17) is 4.74 Å². The molecule has 0 aromatic rings. The van der Waals surface area contributed by atoms with Crippen molar-refractivity contribution in [1.82, 2.24) is 0 Å². The number of halogens is 1. The van der Waals surface area contributed by atoms with E-state index in [0.29, 0.717) is 6.10 Å². The minimum absolute atomic E-state index is 0.501. The van der Waals surface area contributed by atoms with Crippen LogP contribution in [0.4, 0.5) is 0 Å². The Kier molecular flexibility index (Phi) is 5.52. The first-order valence-electron chi connectivity index (χ1n) is 5.32. The Morgan fingerprint density at radius 2 is 2.31 bits per heavy atom. The number of ether oxygens (including phenoxy) is 1. The molecule has 0 aliphatic carbocycles. The standard InChI is InChI=1S/C11H19BrO/c1-2-3-4-5-6-10-7-8-11(9-12)13-10/h9-10H,2-8H2,1H3/b11-9+. The zero-order valence-corrected chi connectivity index (χ0v) is 9.98. The van der Waals surface area contributed by atoms with Gasteiger partial charge >= 0.3 is 0 Å². The Hall–Kier alpha value is 0.0200. The Labute approximate surface area is 89.7 Å². The molecule has 1 rings (SSSR count). The molecular weight excluding hydrogens is 228 g/mol. The van der Waals surface area contributed by atoms with Gasteiger partial charge in [-0.3, -0.25) is 0 Å². The number of hydrogen-bond donors (Lipinski definition) is 0. The zero-order valence-electron chi connectivity index (χ0n) is 8.39. The summed E-state index contributed by atoms with van der Waals surface area (Å²) in [5, 5.41) is 0. The molecule has 0 bridgehead atoms. The smallest absolute Gasteiger partial charge is 0.103 e. The maximum Gasteiger partial charge on any atom is 0.103 e. The van der Waals surface area contributed by atoms with Crippen LogP contribution in [0.3, 0.4) is 0 Å². The Morgan fingerprint density at radius 1 is 1.46 bits per heavy atom. The number of unbranched alkanes of at least 4 members (excludes halogenated alkanes) is 3. The maximum absolute atomic E-state index is 5.71. The van der Waals surface area contributed by atoms with Crippen LogP contribution in [-0.4, -0.2) is 6.10 Å². The zero-order chi connectivity index (χ0) is 9.52. The van der Waals surface area contributed by atoms with Gasteiger partial charge in [-0.2, -0.15) is 0 Å². The molecule has 1 saturated heterocycles. The molecule has 76 valence electrons. The van der Waals surface area contributed by atoms with Gasteiger partial charge in [-0.25, -0.2) is 0 Å². The van der Waals surface area contributed by atoms with Crippen LogP contribution in [0.2, 0.25) is 0 Å². The predicted octanol–water partition coefficient (Wildman–Crippen LogP) is 4.37. The van der Waals surface area contributed by atoms with E-state index < -0.39 is 0 Å². The molecule has 1 nitrogen and oxygen atoms in total. The summed E-state index contributed by atoms with van der Waals surface area (Å²) in [5.74, 6) is 1.13. The minimum Gasteiger partial charge on any atom is -0.494 e. The van der Waals surface area contributed by atoms with E-state index in [1.54, 1.807) is 0 Å². The second kappa shape index (κ2) is 6.47. The SMILES string of the molecule is CCCCCCC1CC/C(=C\Br)O1. The van der Waals surface area contributed by atoms with Crippen LogP contribution in [0, 0.1) is 0 Å². The van der Waals surface area contributed by atoms with Gasteiger partial charge in [0.15, 0.2) is 0 Å². The van der Waals surface area contributed by atoms with E-state index in [9.17, 15) is 0 Å². The second-order valence-corrected chi connectivity index (χ2v) is 4.16. The summed E-state index contributed by atoms with van der Waals surface area (Å²) in [4.78, 5) is 1.92. The minimum atomic E-state index is 0.501. The lowest BCUT2D eigenvalue weighted by Gasteiger charge is -2.09. The van der Waals surface area contributed by atoms with Crippen LogP contribution in [-0.2, 0) is 4.74 Å². The molecule has 0 N–H and O–H groups in total. The lowest BCUT2D eigenvalue weighted by molar-refractivity contribution is 0.149. The highest BCUT2D eigenvalue weighted by atomic mass is 79.9. The molecule has 1 fully saturated rings. The molecule has 1 aliphatic rings. The third kappa shape index (κ3) is 4.17. The van der Waals surface area contributed by atoms with Gasteiger partial charge in [-0.05, 0) is 19.3 Å². The Bertz CT molecular complexity index is 165. The predicted molar refractivity (Wildman–Crippen MR) is 59.9 cm³/mol. The number of rotatable bonds is 5. The fraction of sp³-hybridized carbons (Fsp3) is 0.818. The van der Waals surface area contributed by atoms with Gasteiger partial charge in [0, 0.05) is 11.4 Å². The van der Waals surface area contributed by atoms with Crippen LogP contribution >= 0.6 is 15.9 Å². The summed E-state index contributed by atoms with van der Waals surface area (Å²) < 4.78 is 5.71. The third-order valence-electron chi connectivity index (χ3n) is 2.53. The first-order chi connectivity index (χ1) is 6.36. The number of allylic oxidation sites excluding steroid dienone is 1. The van der Waals surface area contributed by atoms with Crippen molar-refractivity contribution in [3.8, 4) is 0 Å². The first-order valence-corrected chi connectivity index (χ1v) is 6.24. The molecule has 1 aliphatic heterocycles. The molecule has 13 heavy (non-hydrogen) atoms. The van der Waals surface area contributed by atoms with Crippen LogP contribution in [0.5, 0.6) is 0 Å². The van der Waals surface area contributed by atoms with E-state index in [1.807, 2.05) is 4.99 Å². The molecule has 2 heteroatoms. The monoisotopic (exact) mass is 246 g/mol. The molecule has 0 radical (unpaired) electrons. The highest BCUT2D eigenvalue weighted by Gasteiger charge is 2.19. The summed E-state index contributed by atoms with van der Waals surface area (Å²) >= 11 is 3.31. The topological polar surface area (TPSA) is 9.23 Å². The van der Waals surface area contributed by atoms with Gasteiger partial charge in [0.2, 0.25) is 0 Å². The Morgan fingerprint density at radius 3 is 2.92 bits per heavy atom. The van der Waals surface area contributed by atoms with Gasteiger partial charge in [0.1, 0.15) is 5.76 Å². The average Bonchev–Trinajstić information content (AvgIpc) is 2.60. The quantitative estimate of drug-likeness (QED) is 0.655. The molecular formula is C11H19BrO. The fourth-order valence-electron chi connectivity index (χ4n) is 1.72. The molecule has 1 heterocycles. The summed E-state index contributed by atoms with van der Waals surface area (Å²) in [5.41, 5.74) is 0. The van der Waals surface area contributed by atoms with Crippen molar-refractivity contribution in [2.24, 2.45) is 0 Å². The van der Waals surface area contributed by atoms with E-state index >= 15 is 0 Å². The van der Waals surface area contributed by atoms with E-state index in [0.717, 1.165) is 12.2 Å². The highest BCUT2D eigenvalue weighted by molar-refractivity contribution is 9.11. The van der Waals surface area contributed by atoms with Crippen molar-refractivity contribution in [2.75, 3.05) is 0 Å². The van der Waals surface area contributed by atoms with Crippen molar-refractivity contribution in [1.29, 1.82) is 0 Å². The first kappa shape index (κ1) is 11.1. The van der Waals surface area contributed by atoms with Crippen LogP contribution in [0.1, 0.15) is 51.9 Å². The van der Waals surface area contributed by atoms with Crippen molar-refractivity contribution < 1.29 is 4.74 Å². The maximum atomic E-state index is 5.71. The molecule has 0 aromatic carbocycles. The lowest BCUT2D eigenvalue weighted by Crippen LogP contribution is -2.03. The molecule has 0 amide bonds. The summed E-state index contributed by atoms with van der Waals surface area (Å²) in [6, 6.07) is 0. The fourth-order valence-corrected chi connectivity index (χ4v) is 2.05. The van der Waals surface area contributed by atoms with Gasteiger partial charge in [-0.15, -0.1) is 0 Å². The van der Waals surface area contributed by atoms with Gasteiger partial charge in [-0.1, -0.05) is 42.1 Å². The summed E-state index contributed by atoms with van der Waals surface area (Å²) in [6.45, 7) is 2.25. The van der Waals surface area contributed by atoms with Crippen molar-refractivity contribution in [3.63, 3.8) is 0 Å². The largest absolute Gasteiger partial charge is 0.494 e. The van der Waals surface area contributed by atoms with Gasteiger partial charge in [0.05, 0.1) is 6.10 Å². The van der Waals surface area contributed by atoms with E-state index in [2.05, 4.69) is 22.9 Å². The molecule has 0 saturated carbocycles. The molecule has 0 aromatic heterocycles. The second-order valence-electron chi connectivity index (χ2n) is 3.70. The normalized spacial score (nSPS) is 25.1. The summed E-state index contributed by atoms with van der Waals surface area (Å²) in [7, 11) is 0. The highest BCUT2D eigenvalue weighted by Crippen LogP contribution is 2.27. The lowest BCUT2D eigenvalue weighted by atomic mass is 10.1. The van der Waals surface area contributed by atoms with Crippen molar-refractivity contribution >= 4 is 15.9 Å². The van der Waals surface area contributed by atoms with Gasteiger partial charge in [0.25, 0.3) is 0 Å². The van der Waals surface area contributed by atoms with Crippen LogP contribution in [0.25, 0.3) is 0 Å². The van der Waals surface area contributed by atoms with Crippen LogP contribution in [0.15, 0.2) is 10.7 Å². The van der Waals surface area contributed by atoms with Gasteiger partial charge < -0.3 is 4.74 Å².